The van der Waals surface area contributed by atoms with Gasteiger partial charge in [-0.3, -0.25) is 4.79 Å². The zero-order chi connectivity index (χ0) is 12.4. The van der Waals surface area contributed by atoms with Gasteiger partial charge in [0.15, 0.2) is 0 Å². The van der Waals surface area contributed by atoms with E-state index in [1.807, 2.05) is 18.2 Å². The summed E-state index contributed by atoms with van der Waals surface area (Å²) < 4.78 is 5.14. The molecule has 5 nitrogen and oxygen atoms in total. The van der Waals surface area contributed by atoms with Gasteiger partial charge in [-0.15, -0.1) is 0 Å². The maximum Gasteiger partial charge on any atom is 0.320 e. The van der Waals surface area contributed by atoms with E-state index in [1.165, 1.54) is 0 Å². The fourth-order valence-corrected chi connectivity index (χ4v) is 1.78. The van der Waals surface area contributed by atoms with Crippen molar-refractivity contribution in [2.75, 3.05) is 7.11 Å². The van der Waals surface area contributed by atoms with Gasteiger partial charge in [-0.2, -0.15) is 0 Å². The summed E-state index contributed by atoms with van der Waals surface area (Å²) in [7, 11) is 1.59. The first-order chi connectivity index (χ1) is 8.11. The van der Waals surface area contributed by atoms with Gasteiger partial charge in [-0.25, -0.2) is 0 Å². The summed E-state index contributed by atoms with van der Waals surface area (Å²) in [4.78, 5) is 13.8. The first-order valence-corrected chi connectivity index (χ1v) is 5.24. The lowest BCUT2D eigenvalue weighted by molar-refractivity contribution is -0.138. The minimum atomic E-state index is -0.998. The van der Waals surface area contributed by atoms with Gasteiger partial charge in [0, 0.05) is 23.5 Å². The zero-order valence-electron chi connectivity index (χ0n) is 9.43. The van der Waals surface area contributed by atoms with E-state index in [-0.39, 0.29) is 0 Å². The van der Waals surface area contributed by atoms with E-state index < -0.39 is 12.0 Å². The summed E-state index contributed by atoms with van der Waals surface area (Å²) >= 11 is 0. The van der Waals surface area contributed by atoms with Gasteiger partial charge in [0.2, 0.25) is 0 Å². The molecule has 0 radical (unpaired) electrons. The molecule has 0 saturated heterocycles. The molecule has 0 saturated carbocycles. The number of rotatable bonds is 4. The molecule has 1 atom stereocenters. The highest BCUT2D eigenvalue weighted by molar-refractivity contribution is 5.85. The summed E-state index contributed by atoms with van der Waals surface area (Å²) in [5, 5.41) is 9.74. The number of methoxy groups -OCH3 is 1. The van der Waals surface area contributed by atoms with Crippen LogP contribution < -0.4 is 10.5 Å². The molecule has 0 aliphatic rings. The Kier molecular flexibility index (Phi) is 3.01. The molecule has 0 aliphatic carbocycles. The molecule has 1 aromatic carbocycles. The van der Waals surface area contributed by atoms with Crippen LogP contribution in [0.4, 0.5) is 0 Å². The SMILES string of the molecule is CO[13c]1[13cH][13cH][13c]2[nH]cc(C[C@H](N)C(=O)O)[13c]2[13cH]1. The number of ether oxygens (including phenoxy) is 1. The predicted octanol–water partition coefficient (Wildman–Crippen LogP) is 1.13. The second-order valence-corrected chi connectivity index (χ2v) is 3.87. The van der Waals surface area contributed by atoms with E-state index >= 15 is 0 Å². The molecule has 90 valence electrons. The first-order valence-electron chi connectivity index (χ1n) is 5.24. The molecule has 2 rings (SSSR count). The molecule has 0 amide bonds. The van der Waals surface area contributed by atoms with Crippen molar-refractivity contribution < 1.29 is 14.6 Å². The van der Waals surface area contributed by atoms with E-state index in [2.05, 4.69) is 4.98 Å². The highest BCUT2D eigenvalue weighted by Crippen LogP contribution is 2.24. The Hall–Kier alpha value is -2.01. The number of hydrogen-bond donors (Lipinski definition) is 3. The van der Waals surface area contributed by atoms with E-state index in [0.29, 0.717) is 6.42 Å². The van der Waals surface area contributed by atoms with Crippen LogP contribution in [0.2, 0.25) is 0 Å². The van der Waals surface area contributed by atoms with Crippen molar-refractivity contribution in [2.45, 2.75) is 12.5 Å². The van der Waals surface area contributed by atoms with Crippen LogP contribution >= 0.6 is 0 Å². The quantitative estimate of drug-likeness (QED) is 0.747. The van der Waals surface area contributed by atoms with Crippen LogP contribution in [0.1, 0.15) is 5.56 Å². The van der Waals surface area contributed by atoms with Crippen LogP contribution in [-0.2, 0) is 11.2 Å². The van der Waals surface area contributed by atoms with Crippen LogP contribution in [0.25, 0.3) is 10.9 Å². The van der Waals surface area contributed by atoms with Crippen molar-refractivity contribution in [1.29, 1.82) is 0 Å². The molecule has 1 heterocycles. The lowest BCUT2D eigenvalue weighted by atomic mass is 10.2. The van der Waals surface area contributed by atoms with E-state index in [1.54, 1.807) is 13.3 Å². The summed E-state index contributed by atoms with van der Waals surface area (Å²) in [5.41, 5.74) is 7.35. The standard InChI is InChI=1S/C12H14N2O3/c1-17-8-2-3-11-9(5-8)7(6-14-11)4-10(13)12(15)16/h2-3,5-6,10,14H,4,13H2,1H3,(H,15,16)/t10-/m0/s1/i2+1,3+1,5+1,8+1,9+1,11+1. The van der Waals surface area contributed by atoms with Gasteiger partial charge in [-0.1, -0.05) is 0 Å². The fourth-order valence-electron chi connectivity index (χ4n) is 1.78. The normalized spacial score (nSPS) is 12.6. The topological polar surface area (TPSA) is 88.3 Å². The average molecular weight is 240 g/mol. The van der Waals surface area contributed by atoms with E-state index in [9.17, 15) is 4.79 Å². The first kappa shape index (κ1) is 11.5. The number of nitrogens with one attached hydrogen (secondary N) is 1. The maximum absolute atomic E-state index is 10.7. The smallest absolute Gasteiger partial charge is 0.320 e. The second kappa shape index (κ2) is 4.47. The Morgan fingerprint density at radius 3 is 3.00 bits per heavy atom. The van der Waals surface area contributed by atoms with Crippen molar-refractivity contribution >= 4 is 16.9 Å². The molecular formula is C12H14N2O3. The van der Waals surface area contributed by atoms with Gasteiger partial charge in [0.05, 0.1) is 7.11 Å². The fraction of sp³-hybridized carbons (Fsp3) is 0.250. The number of fused-ring (bicyclic) bond motifs is 1. The number of benzene rings is 1. The third-order valence-corrected chi connectivity index (χ3v) is 2.73. The number of nitrogens with two attached hydrogens (primary N) is 1. The molecular weight excluding hydrogens is 226 g/mol. The summed E-state index contributed by atoms with van der Waals surface area (Å²) in [5.74, 6) is -0.260. The summed E-state index contributed by atoms with van der Waals surface area (Å²) in [6.45, 7) is 0. The Bertz CT molecular complexity index is 548. The Morgan fingerprint density at radius 1 is 1.59 bits per heavy atom. The number of carboxylic acid groups (broad SMARTS) is 1. The molecule has 0 spiro atoms. The predicted molar refractivity (Wildman–Crippen MR) is 64.2 cm³/mol. The molecule has 0 fully saturated rings. The minimum absolute atomic E-state index is 0.294. The van der Waals surface area contributed by atoms with Crippen molar-refractivity contribution in [3.05, 3.63) is 30.0 Å². The summed E-state index contributed by atoms with van der Waals surface area (Å²) in [6.07, 6.45) is 2.08. The van der Waals surface area contributed by atoms with Crippen molar-refractivity contribution in [3.8, 4) is 5.75 Å². The van der Waals surface area contributed by atoms with Gasteiger partial charge < -0.3 is 20.6 Å². The molecule has 0 bridgehead atoms. The number of hydrogen-bond acceptors (Lipinski definition) is 3. The number of carbonyl (C=O) groups is 1. The largest absolute Gasteiger partial charge is 0.497 e. The van der Waals surface area contributed by atoms with Crippen molar-refractivity contribution in [3.63, 3.8) is 0 Å². The van der Waals surface area contributed by atoms with Crippen LogP contribution in [0.3, 0.4) is 0 Å². The second-order valence-electron chi connectivity index (χ2n) is 3.87. The third-order valence-electron chi connectivity index (χ3n) is 2.73. The lowest BCUT2D eigenvalue weighted by Crippen LogP contribution is -2.32. The maximum atomic E-state index is 10.7. The monoisotopic (exact) mass is 240 g/mol. The number of aliphatic carboxylic acids is 1. The Labute approximate surface area is 98.2 Å². The van der Waals surface area contributed by atoms with Crippen molar-refractivity contribution in [2.24, 2.45) is 5.73 Å². The zero-order valence-corrected chi connectivity index (χ0v) is 9.43. The Balaban J connectivity index is 2.37. The van der Waals surface area contributed by atoms with Crippen LogP contribution in [0.5, 0.6) is 5.75 Å². The molecule has 0 aliphatic heterocycles. The van der Waals surface area contributed by atoms with Crippen molar-refractivity contribution in [1.82, 2.24) is 4.98 Å². The number of H-pyrrole nitrogens is 1. The minimum Gasteiger partial charge on any atom is -0.497 e. The van der Waals surface area contributed by atoms with Gasteiger partial charge >= 0.3 is 5.97 Å². The Morgan fingerprint density at radius 2 is 2.35 bits per heavy atom. The van der Waals surface area contributed by atoms with E-state index in [4.69, 9.17) is 15.6 Å². The summed E-state index contributed by atoms with van der Waals surface area (Å²) in [6, 6.07) is 4.72. The van der Waals surface area contributed by atoms with E-state index in [0.717, 1.165) is 22.2 Å². The molecule has 0 unspecified atom stereocenters. The molecule has 1 aromatic heterocycles. The van der Waals surface area contributed by atoms with Gasteiger partial charge in [0.25, 0.3) is 0 Å². The van der Waals surface area contributed by atoms with Crippen LogP contribution in [0, 0.1) is 0 Å². The highest BCUT2D eigenvalue weighted by Gasteiger charge is 2.15. The number of carboxylic acids is 1. The molecule has 4 N–H and O–H groups in total. The third kappa shape index (κ3) is 2.24. The lowest BCUT2D eigenvalue weighted by Gasteiger charge is -2.05. The average Bonchev–Trinajstić information content (AvgIpc) is 2.71. The highest BCUT2D eigenvalue weighted by atomic mass is 16.5. The molecule has 17 heavy (non-hydrogen) atoms. The molecule has 5 heteroatoms. The van der Waals surface area contributed by atoms with Crippen LogP contribution in [0.15, 0.2) is 24.4 Å². The van der Waals surface area contributed by atoms with Gasteiger partial charge in [0.1, 0.15) is 11.8 Å². The number of aromatic nitrogens is 1. The number of aromatic amines is 1. The molecule has 2 aromatic rings. The van der Waals surface area contributed by atoms with Crippen LogP contribution in [-0.4, -0.2) is 29.2 Å². The van der Waals surface area contributed by atoms with Gasteiger partial charge in [-0.05, 0) is 23.8 Å².